The number of unbranched alkanes of at least 4 members (excludes halogenated alkanes) is 26. The fraction of sp³-hybridized carbons (Fsp3) is 0.905. The lowest BCUT2D eigenvalue weighted by molar-refractivity contribution is -0.161. The minimum absolute atomic E-state index is 0.0529. The molecular weight excluding hydrogens is 677 g/mol. The van der Waals surface area contributed by atoms with E-state index in [0.29, 0.717) is 12.8 Å². The number of nitrogens with two attached hydrogens (primary N) is 1. The Morgan fingerprint density at radius 2 is 0.962 bits per heavy atom. The molecule has 0 aliphatic heterocycles. The van der Waals surface area contributed by atoms with Crippen LogP contribution in [0, 0.1) is 0 Å². The minimum atomic E-state index is -4.37. The summed E-state index contributed by atoms with van der Waals surface area (Å²) in [5, 5.41) is 0. The molecule has 0 amide bonds. The highest BCUT2D eigenvalue weighted by atomic mass is 31.2. The van der Waals surface area contributed by atoms with Crippen molar-refractivity contribution >= 4 is 19.8 Å². The topological polar surface area (TPSA) is 134 Å². The van der Waals surface area contributed by atoms with E-state index in [1.807, 2.05) is 0 Å². The molecule has 0 aromatic carbocycles. The number of phosphoric ester groups is 1. The maximum absolute atomic E-state index is 12.4. The van der Waals surface area contributed by atoms with Gasteiger partial charge in [0.1, 0.15) is 6.61 Å². The number of phosphoric acid groups is 1. The molecule has 0 radical (unpaired) electrons. The molecule has 2 atom stereocenters. The van der Waals surface area contributed by atoms with Crippen molar-refractivity contribution in [3.63, 3.8) is 0 Å². The third-order valence-electron chi connectivity index (χ3n) is 9.40. The standard InChI is InChI=1S/C42H82NO8P/c1-3-5-7-9-11-13-14-15-16-17-18-19-20-21-22-23-24-25-26-27-29-30-32-34-41(44)48-38-40(39-50-52(46,47)49-37-36-43)51-42(45)35-33-31-28-12-10-8-6-4-2/h27,29,40H,3-26,28,30-39,43H2,1-2H3,(H,46,47)/b29-27+/t40-/m0/s1. The molecule has 3 N–H and O–H groups in total. The molecule has 308 valence electrons. The predicted octanol–water partition coefficient (Wildman–Crippen LogP) is 12.2. The predicted molar refractivity (Wildman–Crippen MR) is 215 cm³/mol. The van der Waals surface area contributed by atoms with Crippen LogP contribution in [0.25, 0.3) is 0 Å². The van der Waals surface area contributed by atoms with Gasteiger partial charge in [0.2, 0.25) is 0 Å². The third-order valence-corrected chi connectivity index (χ3v) is 10.4. The number of carbonyl (C=O) groups is 2. The first-order chi connectivity index (χ1) is 25.3. The van der Waals surface area contributed by atoms with E-state index in [9.17, 15) is 19.0 Å². The van der Waals surface area contributed by atoms with Gasteiger partial charge in [-0.1, -0.05) is 180 Å². The molecule has 0 aliphatic carbocycles. The van der Waals surface area contributed by atoms with Gasteiger partial charge in [-0.2, -0.15) is 0 Å². The zero-order chi connectivity index (χ0) is 38.2. The summed E-state index contributed by atoms with van der Waals surface area (Å²) >= 11 is 0. The number of ether oxygens (including phenoxy) is 2. The highest BCUT2D eigenvalue weighted by Gasteiger charge is 2.26. The SMILES string of the molecule is CCCCCCCCCCCCCCCCCCCC/C=C/CCCC(=O)OC[C@@H](COP(=O)(O)OCCN)OC(=O)CCCCCCCCCC. The summed E-state index contributed by atoms with van der Waals surface area (Å²) in [5.74, 6) is -0.862. The molecule has 9 nitrogen and oxygen atoms in total. The lowest BCUT2D eigenvalue weighted by atomic mass is 10.0. The second-order valence-electron chi connectivity index (χ2n) is 14.6. The Kier molecular flexibility index (Phi) is 38.5. The van der Waals surface area contributed by atoms with Crippen LogP contribution in [0.15, 0.2) is 12.2 Å². The van der Waals surface area contributed by atoms with Gasteiger partial charge in [-0.15, -0.1) is 0 Å². The van der Waals surface area contributed by atoms with Gasteiger partial charge < -0.3 is 20.1 Å². The lowest BCUT2D eigenvalue weighted by Gasteiger charge is -2.19. The van der Waals surface area contributed by atoms with E-state index in [0.717, 1.165) is 32.1 Å². The number of hydrogen-bond donors (Lipinski definition) is 2. The van der Waals surface area contributed by atoms with Gasteiger partial charge in [-0.25, -0.2) is 4.57 Å². The van der Waals surface area contributed by atoms with Crippen molar-refractivity contribution < 1.29 is 37.6 Å². The van der Waals surface area contributed by atoms with E-state index in [4.69, 9.17) is 24.3 Å². The van der Waals surface area contributed by atoms with Crippen molar-refractivity contribution in [3.8, 4) is 0 Å². The van der Waals surface area contributed by atoms with E-state index in [1.54, 1.807) is 0 Å². The average molecular weight is 760 g/mol. The first-order valence-corrected chi connectivity index (χ1v) is 23.2. The zero-order valence-electron chi connectivity index (χ0n) is 33.8. The number of carbonyl (C=O) groups excluding carboxylic acids is 2. The smallest absolute Gasteiger partial charge is 0.462 e. The van der Waals surface area contributed by atoms with Crippen molar-refractivity contribution in [2.24, 2.45) is 5.73 Å². The summed E-state index contributed by atoms with van der Waals surface area (Å²) in [7, 11) is -4.37. The number of rotatable bonds is 41. The average Bonchev–Trinajstić information content (AvgIpc) is 3.13. The first kappa shape index (κ1) is 50.8. The van der Waals surface area contributed by atoms with E-state index in [1.165, 1.54) is 141 Å². The molecule has 0 rings (SSSR count). The van der Waals surface area contributed by atoms with Crippen molar-refractivity contribution in [2.75, 3.05) is 26.4 Å². The Hall–Kier alpha value is -1.25. The van der Waals surface area contributed by atoms with Gasteiger partial charge in [0.05, 0.1) is 13.2 Å². The Labute approximate surface area is 319 Å². The molecule has 52 heavy (non-hydrogen) atoms. The summed E-state index contributed by atoms with van der Waals surface area (Å²) in [4.78, 5) is 34.6. The molecule has 0 saturated heterocycles. The summed E-state index contributed by atoms with van der Waals surface area (Å²) in [6, 6.07) is 0. The first-order valence-electron chi connectivity index (χ1n) is 21.7. The van der Waals surface area contributed by atoms with Crippen molar-refractivity contribution in [1.82, 2.24) is 0 Å². The van der Waals surface area contributed by atoms with Crippen molar-refractivity contribution in [2.45, 2.75) is 219 Å². The second kappa shape index (κ2) is 39.4. The molecule has 0 bridgehead atoms. The Morgan fingerprint density at radius 3 is 1.42 bits per heavy atom. The van der Waals surface area contributed by atoms with Crippen LogP contribution in [0.2, 0.25) is 0 Å². The van der Waals surface area contributed by atoms with Crippen molar-refractivity contribution in [3.05, 3.63) is 12.2 Å². The maximum atomic E-state index is 12.4. The summed E-state index contributed by atoms with van der Waals surface area (Å²) in [5.41, 5.74) is 5.33. The summed E-state index contributed by atoms with van der Waals surface area (Å²) in [6.45, 7) is 3.69. The summed E-state index contributed by atoms with van der Waals surface area (Å²) < 4.78 is 32.6. The molecule has 0 aliphatic rings. The zero-order valence-corrected chi connectivity index (χ0v) is 34.7. The van der Waals surface area contributed by atoms with Crippen LogP contribution in [0.1, 0.15) is 213 Å². The molecular formula is C42H82NO8P. The van der Waals surface area contributed by atoms with Crippen molar-refractivity contribution in [1.29, 1.82) is 0 Å². The van der Waals surface area contributed by atoms with E-state index < -0.39 is 32.5 Å². The maximum Gasteiger partial charge on any atom is 0.472 e. The minimum Gasteiger partial charge on any atom is -0.462 e. The van der Waals surface area contributed by atoms with Crippen LogP contribution in [-0.2, 0) is 32.7 Å². The van der Waals surface area contributed by atoms with Crippen LogP contribution in [0.3, 0.4) is 0 Å². The van der Waals surface area contributed by atoms with Crippen LogP contribution in [-0.4, -0.2) is 49.3 Å². The van der Waals surface area contributed by atoms with Crippen LogP contribution < -0.4 is 5.73 Å². The lowest BCUT2D eigenvalue weighted by Crippen LogP contribution is -2.29. The molecule has 0 saturated carbocycles. The Balaban J connectivity index is 3.98. The van der Waals surface area contributed by atoms with Crippen LogP contribution in [0.4, 0.5) is 0 Å². The van der Waals surface area contributed by atoms with Gasteiger partial charge in [0.25, 0.3) is 0 Å². The van der Waals surface area contributed by atoms with Gasteiger partial charge >= 0.3 is 19.8 Å². The number of hydrogen-bond acceptors (Lipinski definition) is 8. The Bertz CT molecular complexity index is 871. The fourth-order valence-electron chi connectivity index (χ4n) is 6.17. The summed E-state index contributed by atoms with van der Waals surface area (Å²) in [6.07, 6.45) is 40.0. The quantitative estimate of drug-likeness (QED) is 0.0270. The molecule has 0 spiro atoms. The highest BCUT2D eigenvalue weighted by Crippen LogP contribution is 2.43. The van der Waals surface area contributed by atoms with Gasteiger partial charge in [-0.3, -0.25) is 18.6 Å². The van der Waals surface area contributed by atoms with E-state index in [-0.39, 0.29) is 32.6 Å². The largest absolute Gasteiger partial charge is 0.472 e. The van der Waals surface area contributed by atoms with Gasteiger partial charge in [0.15, 0.2) is 6.10 Å². The Morgan fingerprint density at radius 1 is 0.558 bits per heavy atom. The number of esters is 2. The van der Waals surface area contributed by atoms with E-state index in [2.05, 4.69) is 26.0 Å². The molecule has 1 unspecified atom stereocenters. The molecule has 0 heterocycles. The van der Waals surface area contributed by atoms with Crippen LogP contribution in [0.5, 0.6) is 0 Å². The molecule has 0 fully saturated rings. The van der Waals surface area contributed by atoms with Gasteiger partial charge in [0, 0.05) is 19.4 Å². The second-order valence-corrected chi connectivity index (χ2v) is 16.0. The fourth-order valence-corrected chi connectivity index (χ4v) is 6.93. The molecule has 0 aromatic rings. The third kappa shape index (κ3) is 38.5. The van der Waals surface area contributed by atoms with Gasteiger partial charge in [-0.05, 0) is 32.1 Å². The monoisotopic (exact) mass is 760 g/mol. The van der Waals surface area contributed by atoms with E-state index >= 15 is 0 Å². The molecule has 10 heteroatoms. The number of allylic oxidation sites excluding steroid dienone is 2. The highest BCUT2D eigenvalue weighted by molar-refractivity contribution is 7.47. The van der Waals surface area contributed by atoms with Crippen LogP contribution >= 0.6 is 7.82 Å². The molecule has 0 aromatic heterocycles. The normalized spacial score (nSPS) is 13.4.